The molecule has 0 bridgehead atoms. The number of nitrogens with zero attached hydrogens (tertiary/aromatic N) is 1. The maximum Gasteiger partial charge on any atom is 0.323 e. The minimum absolute atomic E-state index is 0.0147. The van der Waals surface area contributed by atoms with E-state index >= 15 is 0 Å². The predicted octanol–water partition coefficient (Wildman–Crippen LogP) is 7.56. The second kappa shape index (κ2) is 14.5. The van der Waals surface area contributed by atoms with Gasteiger partial charge in [-0.1, -0.05) is 54.1 Å². The first-order valence-electron chi connectivity index (χ1n) is 13.5. The van der Waals surface area contributed by atoms with Crippen LogP contribution in [0.15, 0.2) is 66.7 Å². The van der Waals surface area contributed by atoms with Gasteiger partial charge in [-0.25, -0.2) is 8.78 Å². The van der Waals surface area contributed by atoms with Crippen molar-refractivity contribution in [3.63, 3.8) is 0 Å². The van der Waals surface area contributed by atoms with Crippen LogP contribution in [-0.2, 0) is 22.6 Å². The zero-order chi connectivity index (χ0) is 30.9. The van der Waals surface area contributed by atoms with Gasteiger partial charge in [-0.2, -0.15) is 0 Å². The van der Waals surface area contributed by atoms with Crippen LogP contribution in [0, 0.1) is 18.6 Å². The summed E-state index contributed by atoms with van der Waals surface area (Å²) in [6.07, 6.45) is 8.18. The first-order valence-corrected chi connectivity index (χ1v) is 13.9. The number of rotatable bonds is 14. The number of benzene rings is 3. The van der Waals surface area contributed by atoms with Crippen LogP contribution in [0.2, 0.25) is 5.02 Å². The van der Waals surface area contributed by atoms with Crippen LogP contribution in [0.5, 0.6) is 11.5 Å². The quantitative estimate of drug-likeness (QED) is 0.0870. The Morgan fingerprint density at radius 2 is 1.60 bits per heavy atom. The standard InChI is InChI=1S/C33H30ClF2NO6/c1-21-25(7-5-9-29(38)39)26-8-4-6-23(32(26)37(21)20-30(40)41)13-10-22-11-14-24(15-12-22)42-18-2-3-19-43-33-28(36)17-16-27(35)31(33)34/h2-4,6,8,10-17H,5,7,9,18-20H2,1H3,(H,38,39)(H,40,41)/b3-2+,13-10?. The molecule has 0 radical (unpaired) electrons. The first-order chi connectivity index (χ1) is 20.7. The highest BCUT2D eigenvalue weighted by Gasteiger charge is 2.18. The molecule has 0 fully saturated rings. The third-order valence-electron chi connectivity index (χ3n) is 6.79. The van der Waals surface area contributed by atoms with Gasteiger partial charge in [-0.05, 0) is 72.9 Å². The van der Waals surface area contributed by atoms with E-state index in [1.807, 2.05) is 61.5 Å². The van der Waals surface area contributed by atoms with Gasteiger partial charge in [-0.3, -0.25) is 9.59 Å². The molecule has 1 aromatic heterocycles. The van der Waals surface area contributed by atoms with Crippen molar-refractivity contribution in [1.82, 2.24) is 4.57 Å². The topological polar surface area (TPSA) is 98.0 Å². The first kappa shape index (κ1) is 31.3. The summed E-state index contributed by atoms with van der Waals surface area (Å²) in [7, 11) is 0. The molecule has 4 rings (SSSR count). The molecule has 0 unspecified atom stereocenters. The zero-order valence-corrected chi connectivity index (χ0v) is 24.1. The molecule has 0 saturated carbocycles. The number of halogens is 3. The highest BCUT2D eigenvalue weighted by Crippen LogP contribution is 2.32. The Hall–Kier alpha value is -4.63. The van der Waals surface area contributed by atoms with Gasteiger partial charge >= 0.3 is 11.9 Å². The van der Waals surface area contributed by atoms with Crippen molar-refractivity contribution in [3.05, 3.63) is 106 Å². The molecule has 0 amide bonds. The molecule has 7 nitrogen and oxygen atoms in total. The number of hydrogen-bond acceptors (Lipinski definition) is 4. The number of aliphatic carboxylic acids is 2. The van der Waals surface area contributed by atoms with Gasteiger partial charge in [0, 0.05) is 17.5 Å². The zero-order valence-electron chi connectivity index (χ0n) is 23.4. The summed E-state index contributed by atoms with van der Waals surface area (Å²) in [5.41, 5.74) is 4.31. The molecule has 0 atom stereocenters. The van der Waals surface area contributed by atoms with Crippen molar-refractivity contribution in [2.45, 2.75) is 32.7 Å². The van der Waals surface area contributed by atoms with E-state index in [2.05, 4.69) is 0 Å². The summed E-state index contributed by atoms with van der Waals surface area (Å²) in [5.74, 6) is -3.04. The van der Waals surface area contributed by atoms with E-state index in [4.69, 9.17) is 26.2 Å². The lowest BCUT2D eigenvalue weighted by Crippen LogP contribution is -2.10. The molecular formula is C33H30ClF2NO6. The molecule has 10 heteroatoms. The summed E-state index contributed by atoms with van der Waals surface area (Å²) in [5, 5.41) is 19.1. The number of carboxylic acids is 2. The van der Waals surface area contributed by atoms with Crippen LogP contribution in [0.25, 0.3) is 23.1 Å². The molecular weight excluding hydrogens is 580 g/mol. The summed E-state index contributed by atoms with van der Waals surface area (Å²) in [4.78, 5) is 22.7. The molecule has 0 aliphatic rings. The van der Waals surface area contributed by atoms with E-state index < -0.39 is 28.6 Å². The average molecular weight is 610 g/mol. The molecule has 224 valence electrons. The third-order valence-corrected chi connectivity index (χ3v) is 7.14. The normalized spacial score (nSPS) is 11.5. The summed E-state index contributed by atoms with van der Waals surface area (Å²) in [6, 6.07) is 15.0. The monoisotopic (exact) mass is 609 g/mol. The highest BCUT2D eigenvalue weighted by molar-refractivity contribution is 6.32. The molecule has 0 spiro atoms. The Balaban J connectivity index is 1.40. The van der Waals surface area contributed by atoms with E-state index in [-0.39, 0.29) is 31.9 Å². The largest absolute Gasteiger partial charge is 0.490 e. The highest BCUT2D eigenvalue weighted by atomic mass is 35.5. The lowest BCUT2D eigenvalue weighted by Gasteiger charge is -2.08. The summed E-state index contributed by atoms with van der Waals surface area (Å²) in [6.45, 7) is 1.88. The fourth-order valence-electron chi connectivity index (χ4n) is 4.74. The number of carbonyl (C=O) groups is 2. The van der Waals surface area contributed by atoms with Crippen LogP contribution in [0.1, 0.15) is 35.2 Å². The van der Waals surface area contributed by atoms with Gasteiger partial charge < -0.3 is 24.3 Å². The van der Waals surface area contributed by atoms with Crippen LogP contribution in [0.3, 0.4) is 0 Å². The van der Waals surface area contributed by atoms with Crippen LogP contribution >= 0.6 is 11.6 Å². The predicted molar refractivity (Wildman–Crippen MR) is 162 cm³/mol. The number of aromatic nitrogens is 1. The van der Waals surface area contributed by atoms with E-state index in [0.717, 1.165) is 45.4 Å². The molecule has 0 aliphatic heterocycles. The second-order valence-electron chi connectivity index (χ2n) is 9.70. The van der Waals surface area contributed by atoms with Crippen molar-refractivity contribution in [3.8, 4) is 11.5 Å². The van der Waals surface area contributed by atoms with Crippen molar-refractivity contribution in [2.75, 3.05) is 13.2 Å². The fourth-order valence-corrected chi connectivity index (χ4v) is 4.95. The van der Waals surface area contributed by atoms with E-state index in [0.29, 0.717) is 18.6 Å². The average Bonchev–Trinajstić information content (AvgIpc) is 3.24. The fraction of sp³-hybridized carbons (Fsp3) is 0.212. The van der Waals surface area contributed by atoms with E-state index in [9.17, 15) is 23.5 Å². The minimum Gasteiger partial charge on any atom is -0.490 e. The molecule has 0 aliphatic carbocycles. The lowest BCUT2D eigenvalue weighted by molar-refractivity contribution is -0.138. The van der Waals surface area contributed by atoms with Gasteiger partial charge in [0.05, 0.1) is 5.52 Å². The van der Waals surface area contributed by atoms with Crippen molar-refractivity contribution in [2.24, 2.45) is 0 Å². The number of fused-ring (bicyclic) bond motifs is 1. The van der Waals surface area contributed by atoms with Crippen molar-refractivity contribution < 1.29 is 38.1 Å². The Morgan fingerprint density at radius 3 is 2.30 bits per heavy atom. The lowest BCUT2D eigenvalue weighted by atomic mass is 10.0. The number of carboxylic acid groups (broad SMARTS) is 2. The Kier molecular flexibility index (Phi) is 10.6. The Labute approximate surface area is 252 Å². The van der Waals surface area contributed by atoms with Crippen LogP contribution < -0.4 is 9.47 Å². The van der Waals surface area contributed by atoms with E-state index in [1.165, 1.54) is 0 Å². The number of hydrogen-bond donors (Lipinski definition) is 2. The molecule has 43 heavy (non-hydrogen) atoms. The van der Waals surface area contributed by atoms with Gasteiger partial charge in [-0.15, -0.1) is 0 Å². The SMILES string of the molecule is Cc1c(CCCC(=O)O)c2cccc(C=Cc3ccc(OC/C=C/COc4c(F)ccc(F)c4Cl)cc3)c2n1CC(=O)O. The van der Waals surface area contributed by atoms with Crippen LogP contribution in [0.4, 0.5) is 8.78 Å². The summed E-state index contributed by atoms with van der Waals surface area (Å²) < 4.78 is 39.9. The molecule has 2 N–H and O–H groups in total. The maximum absolute atomic E-state index is 13.8. The van der Waals surface area contributed by atoms with Gasteiger partial charge in [0.15, 0.2) is 11.6 Å². The maximum atomic E-state index is 13.8. The number of aryl methyl sites for hydroxylation is 1. The second-order valence-corrected chi connectivity index (χ2v) is 10.1. The Bertz CT molecular complexity index is 1680. The van der Waals surface area contributed by atoms with Crippen molar-refractivity contribution in [1.29, 1.82) is 0 Å². The number of para-hydroxylation sites is 1. The van der Waals surface area contributed by atoms with Gasteiger partial charge in [0.2, 0.25) is 0 Å². The minimum atomic E-state index is -0.960. The number of ether oxygens (including phenoxy) is 2. The summed E-state index contributed by atoms with van der Waals surface area (Å²) >= 11 is 5.74. The van der Waals surface area contributed by atoms with Crippen LogP contribution in [-0.4, -0.2) is 39.9 Å². The molecule has 1 heterocycles. The van der Waals surface area contributed by atoms with Crippen molar-refractivity contribution >= 4 is 46.6 Å². The van der Waals surface area contributed by atoms with Gasteiger partial charge in [0.25, 0.3) is 0 Å². The smallest absolute Gasteiger partial charge is 0.323 e. The molecule has 0 saturated heterocycles. The molecule has 3 aromatic carbocycles. The van der Waals surface area contributed by atoms with Gasteiger partial charge in [0.1, 0.15) is 36.3 Å². The molecule has 4 aromatic rings. The Morgan fingerprint density at radius 1 is 0.907 bits per heavy atom. The third kappa shape index (κ3) is 8.02. The van der Waals surface area contributed by atoms with E-state index in [1.54, 1.807) is 16.7 Å².